The normalized spacial score (nSPS) is 14.5. The summed E-state index contributed by atoms with van der Waals surface area (Å²) in [7, 11) is 1.39. The summed E-state index contributed by atoms with van der Waals surface area (Å²) in [5.41, 5.74) is 0.714. The molecule has 0 aliphatic carbocycles. The van der Waals surface area contributed by atoms with Gasteiger partial charge in [-0.15, -0.1) is 0 Å². The van der Waals surface area contributed by atoms with Gasteiger partial charge in [-0.3, -0.25) is 24.1 Å². The van der Waals surface area contributed by atoms with E-state index in [2.05, 4.69) is 10.6 Å². The van der Waals surface area contributed by atoms with Crippen LogP contribution in [0.5, 0.6) is 0 Å². The van der Waals surface area contributed by atoms with Gasteiger partial charge in [-0.1, -0.05) is 6.92 Å². The fourth-order valence-electron chi connectivity index (χ4n) is 2.25. The highest BCUT2D eigenvalue weighted by atomic mass is 16.2. The lowest BCUT2D eigenvalue weighted by molar-refractivity contribution is -0.122. The van der Waals surface area contributed by atoms with Crippen molar-refractivity contribution >= 4 is 23.6 Å². The van der Waals surface area contributed by atoms with Crippen LogP contribution in [0.3, 0.4) is 0 Å². The largest absolute Gasteiger partial charge is 0.354 e. The molecule has 7 nitrogen and oxygen atoms in total. The monoisotopic (exact) mass is 317 g/mol. The second-order valence-electron chi connectivity index (χ2n) is 5.42. The molecule has 1 atom stereocenters. The van der Waals surface area contributed by atoms with Crippen LogP contribution in [-0.4, -0.2) is 48.2 Å². The maximum absolute atomic E-state index is 12.2. The Labute approximate surface area is 134 Å². The Hall–Kier alpha value is -2.70. The zero-order valence-electron chi connectivity index (χ0n) is 13.3. The average molecular weight is 317 g/mol. The predicted molar refractivity (Wildman–Crippen MR) is 83.1 cm³/mol. The van der Waals surface area contributed by atoms with E-state index in [4.69, 9.17) is 0 Å². The number of rotatable bonds is 5. The van der Waals surface area contributed by atoms with Crippen molar-refractivity contribution in [2.24, 2.45) is 0 Å². The van der Waals surface area contributed by atoms with Crippen molar-refractivity contribution in [3.05, 3.63) is 34.9 Å². The lowest BCUT2D eigenvalue weighted by atomic mass is 10.0. The number of benzene rings is 1. The van der Waals surface area contributed by atoms with Crippen molar-refractivity contribution in [1.82, 2.24) is 15.5 Å². The van der Waals surface area contributed by atoms with Crippen LogP contribution in [0.1, 0.15) is 51.3 Å². The molecule has 1 aliphatic rings. The van der Waals surface area contributed by atoms with E-state index in [1.807, 2.05) is 6.92 Å². The molecule has 4 amide bonds. The van der Waals surface area contributed by atoms with E-state index in [0.717, 1.165) is 11.3 Å². The number of amides is 4. The number of imide groups is 1. The number of nitrogens with zero attached hydrogens (tertiary/aromatic N) is 1. The molecule has 122 valence electrons. The van der Waals surface area contributed by atoms with Gasteiger partial charge in [-0.25, -0.2) is 0 Å². The number of hydrogen-bond acceptors (Lipinski definition) is 4. The molecule has 7 heteroatoms. The van der Waals surface area contributed by atoms with Gasteiger partial charge in [0.05, 0.1) is 11.1 Å². The van der Waals surface area contributed by atoms with Gasteiger partial charge >= 0.3 is 0 Å². The van der Waals surface area contributed by atoms with E-state index in [-0.39, 0.29) is 28.5 Å². The minimum Gasteiger partial charge on any atom is -0.354 e. The van der Waals surface area contributed by atoms with Crippen molar-refractivity contribution in [1.29, 1.82) is 0 Å². The standard InChI is InChI=1S/C16H19N3O4/c1-4-7-17-13(20)9(2)18-14(21)10-5-6-11-12(8-10)16(23)19(3)15(11)22/h5-6,8-9H,4,7H2,1-3H3,(H,17,20)(H,18,21). The molecule has 0 saturated carbocycles. The molecule has 2 N–H and O–H groups in total. The van der Waals surface area contributed by atoms with Crippen molar-refractivity contribution in [3.63, 3.8) is 0 Å². The quantitative estimate of drug-likeness (QED) is 0.776. The van der Waals surface area contributed by atoms with Crippen LogP contribution >= 0.6 is 0 Å². The van der Waals surface area contributed by atoms with Crippen molar-refractivity contribution in [2.45, 2.75) is 26.3 Å². The van der Waals surface area contributed by atoms with E-state index >= 15 is 0 Å². The number of fused-ring (bicyclic) bond motifs is 1. The summed E-state index contributed by atoms with van der Waals surface area (Å²) in [5, 5.41) is 5.26. The molecule has 2 rings (SSSR count). The smallest absolute Gasteiger partial charge is 0.261 e. The number of carbonyl (C=O) groups is 4. The number of hydrogen-bond donors (Lipinski definition) is 2. The first-order chi connectivity index (χ1) is 10.9. The topological polar surface area (TPSA) is 95.6 Å². The number of carbonyl (C=O) groups excluding carboxylic acids is 4. The molecule has 1 heterocycles. The summed E-state index contributed by atoms with van der Waals surface area (Å²) in [5.74, 6) is -1.56. The Morgan fingerprint density at radius 3 is 2.48 bits per heavy atom. The van der Waals surface area contributed by atoms with Gasteiger partial charge in [0, 0.05) is 19.2 Å². The SMILES string of the molecule is CCCNC(=O)C(C)NC(=O)c1ccc2c(c1)C(=O)N(C)C2=O. The molecule has 0 radical (unpaired) electrons. The van der Waals surface area contributed by atoms with E-state index < -0.39 is 17.9 Å². The van der Waals surface area contributed by atoms with Gasteiger partial charge in [-0.2, -0.15) is 0 Å². The summed E-state index contributed by atoms with van der Waals surface area (Å²) in [6.45, 7) is 4.06. The molecular weight excluding hydrogens is 298 g/mol. The molecule has 23 heavy (non-hydrogen) atoms. The Balaban J connectivity index is 2.12. The molecule has 1 aromatic rings. The molecule has 0 bridgehead atoms. The molecule has 0 saturated heterocycles. The van der Waals surface area contributed by atoms with Crippen LogP contribution < -0.4 is 10.6 Å². The van der Waals surface area contributed by atoms with Crippen LogP contribution in [0.4, 0.5) is 0 Å². The van der Waals surface area contributed by atoms with Gasteiger partial charge in [0.15, 0.2) is 0 Å². The van der Waals surface area contributed by atoms with E-state index in [9.17, 15) is 19.2 Å². The van der Waals surface area contributed by atoms with E-state index in [1.165, 1.54) is 25.2 Å². The van der Waals surface area contributed by atoms with Crippen LogP contribution in [-0.2, 0) is 4.79 Å². The maximum atomic E-state index is 12.2. The Morgan fingerprint density at radius 1 is 1.17 bits per heavy atom. The van der Waals surface area contributed by atoms with Gasteiger partial charge in [0.2, 0.25) is 5.91 Å². The van der Waals surface area contributed by atoms with Crippen LogP contribution in [0.15, 0.2) is 18.2 Å². The van der Waals surface area contributed by atoms with Crippen LogP contribution in [0.25, 0.3) is 0 Å². The van der Waals surface area contributed by atoms with Crippen molar-refractivity contribution in [2.75, 3.05) is 13.6 Å². The predicted octanol–water partition coefficient (Wildman–Crippen LogP) is 0.557. The fourth-order valence-corrected chi connectivity index (χ4v) is 2.25. The number of nitrogens with one attached hydrogen (secondary N) is 2. The van der Waals surface area contributed by atoms with Crippen molar-refractivity contribution in [3.8, 4) is 0 Å². The Kier molecular flexibility index (Phi) is 4.78. The Bertz CT molecular complexity index is 684. The summed E-state index contributed by atoms with van der Waals surface area (Å²) in [4.78, 5) is 48.7. The Morgan fingerprint density at radius 2 is 1.83 bits per heavy atom. The van der Waals surface area contributed by atoms with Crippen LogP contribution in [0, 0.1) is 0 Å². The minimum absolute atomic E-state index is 0.202. The first kappa shape index (κ1) is 16.7. The lowest BCUT2D eigenvalue weighted by Crippen LogP contribution is -2.45. The molecule has 0 spiro atoms. The summed E-state index contributed by atoms with van der Waals surface area (Å²) < 4.78 is 0. The third-order valence-electron chi connectivity index (χ3n) is 3.64. The van der Waals surface area contributed by atoms with Gasteiger partial charge in [0.25, 0.3) is 17.7 Å². The van der Waals surface area contributed by atoms with Gasteiger partial charge in [-0.05, 0) is 31.5 Å². The summed E-state index contributed by atoms with van der Waals surface area (Å²) >= 11 is 0. The van der Waals surface area contributed by atoms with Gasteiger partial charge in [0.1, 0.15) is 6.04 Å². The highest BCUT2D eigenvalue weighted by molar-refractivity contribution is 6.21. The third-order valence-corrected chi connectivity index (χ3v) is 3.64. The summed E-state index contributed by atoms with van der Waals surface area (Å²) in [6, 6.07) is 3.61. The molecule has 0 fully saturated rings. The average Bonchev–Trinajstić information content (AvgIpc) is 2.76. The van der Waals surface area contributed by atoms with E-state index in [1.54, 1.807) is 6.92 Å². The zero-order valence-corrected chi connectivity index (χ0v) is 13.3. The maximum Gasteiger partial charge on any atom is 0.261 e. The highest BCUT2D eigenvalue weighted by Gasteiger charge is 2.33. The first-order valence-electron chi connectivity index (χ1n) is 7.41. The molecule has 1 aromatic carbocycles. The minimum atomic E-state index is -0.692. The molecular formula is C16H19N3O4. The third kappa shape index (κ3) is 3.23. The molecule has 1 aliphatic heterocycles. The zero-order chi connectivity index (χ0) is 17.1. The second kappa shape index (κ2) is 6.60. The fraction of sp³-hybridized carbons (Fsp3) is 0.375. The van der Waals surface area contributed by atoms with E-state index in [0.29, 0.717) is 6.54 Å². The summed E-state index contributed by atoms with van der Waals surface area (Å²) in [6.07, 6.45) is 0.806. The van der Waals surface area contributed by atoms with Gasteiger partial charge < -0.3 is 10.6 Å². The molecule has 1 unspecified atom stereocenters. The highest BCUT2D eigenvalue weighted by Crippen LogP contribution is 2.22. The first-order valence-corrected chi connectivity index (χ1v) is 7.41. The van der Waals surface area contributed by atoms with Crippen molar-refractivity contribution < 1.29 is 19.2 Å². The van der Waals surface area contributed by atoms with Crippen LogP contribution in [0.2, 0.25) is 0 Å². The second-order valence-corrected chi connectivity index (χ2v) is 5.42. The molecule has 0 aromatic heterocycles. The lowest BCUT2D eigenvalue weighted by Gasteiger charge is -2.14.